The van der Waals surface area contributed by atoms with E-state index in [1.54, 1.807) is 0 Å². The SMILES string of the molecule is Cc1nc(NC(=O)N2c3nc(N4CCCC(C)C4)ccc3N3CCC[C@H]2C3)sc1C. The van der Waals surface area contributed by atoms with E-state index in [0.29, 0.717) is 11.0 Å². The van der Waals surface area contributed by atoms with Gasteiger partial charge in [-0.05, 0) is 57.6 Å². The molecule has 2 atom stereocenters. The summed E-state index contributed by atoms with van der Waals surface area (Å²) in [7, 11) is 0. The number of anilines is 4. The summed E-state index contributed by atoms with van der Waals surface area (Å²) in [5, 5.41) is 3.71. The van der Waals surface area contributed by atoms with Crippen LogP contribution < -0.4 is 20.0 Å². The Labute approximate surface area is 182 Å². The number of hydrogen-bond donors (Lipinski definition) is 1. The summed E-state index contributed by atoms with van der Waals surface area (Å²) in [6.45, 7) is 10.3. The summed E-state index contributed by atoms with van der Waals surface area (Å²) < 4.78 is 0. The Morgan fingerprint density at radius 1 is 1.10 bits per heavy atom. The molecular weight excluding hydrogens is 396 g/mol. The number of nitrogens with zero attached hydrogens (tertiary/aromatic N) is 5. The van der Waals surface area contributed by atoms with Gasteiger partial charge >= 0.3 is 6.03 Å². The third-order valence-electron chi connectivity index (χ3n) is 6.61. The molecule has 3 aliphatic heterocycles. The molecule has 2 fully saturated rings. The number of rotatable bonds is 2. The average molecular weight is 427 g/mol. The molecule has 1 unspecified atom stereocenters. The molecule has 7 nitrogen and oxygen atoms in total. The molecular formula is C22H30N6OS. The monoisotopic (exact) mass is 426 g/mol. The molecule has 2 amide bonds. The lowest BCUT2D eigenvalue weighted by Gasteiger charge is -2.46. The van der Waals surface area contributed by atoms with Crippen LogP contribution in [0.4, 0.5) is 27.2 Å². The molecule has 1 N–H and O–H groups in total. The highest BCUT2D eigenvalue weighted by molar-refractivity contribution is 7.15. The van der Waals surface area contributed by atoms with Gasteiger partial charge in [0.15, 0.2) is 10.9 Å². The van der Waals surface area contributed by atoms with E-state index in [9.17, 15) is 4.79 Å². The van der Waals surface area contributed by atoms with Crippen LogP contribution in [-0.4, -0.2) is 48.2 Å². The minimum absolute atomic E-state index is 0.117. The smallest absolute Gasteiger partial charge is 0.329 e. The Bertz CT molecular complexity index is 940. The maximum Gasteiger partial charge on any atom is 0.329 e. The average Bonchev–Trinajstić information content (AvgIpc) is 3.04. The molecule has 3 aliphatic rings. The van der Waals surface area contributed by atoms with E-state index in [1.807, 2.05) is 18.7 Å². The van der Waals surface area contributed by atoms with E-state index in [0.717, 1.165) is 66.9 Å². The zero-order valence-corrected chi connectivity index (χ0v) is 18.8. The third-order valence-corrected chi connectivity index (χ3v) is 7.60. The van der Waals surface area contributed by atoms with Gasteiger partial charge < -0.3 is 9.80 Å². The molecule has 2 aromatic heterocycles. The maximum atomic E-state index is 13.4. The predicted molar refractivity (Wildman–Crippen MR) is 123 cm³/mol. The van der Waals surface area contributed by atoms with Gasteiger partial charge in [-0.2, -0.15) is 0 Å². The van der Waals surface area contributed by atoms with Crippen molar-refractivity contribution in [3.05, 3.63) is 22.7 Å². The van der Waals surface area contributed by atoms with E-state index in [2.05, 4.69) is 39.2 Å². The normalized spacial score (nSPS) is 23.4. The van der Waals surface area contributed by atoms with Crippen molar-refractivity contribution in [2.75, 3.05) is 46.2 Å². The first-order valence-electron chi connectivity index (χ1n) is 11.0. The van der Waals surface area contributed by atoms with E-state index in [1.165, 1.54) is 24.2 Å². The Balaban J connectivity index is 1.48. The van der Waals surface area contributed by atoms with Crippen LogP contribution in [0.25, 0.3) is 0 Å². The number of carbonyl (C=O) groups is 1. The third kappa shape index (κ3) is 3.51. The number of thiazole rings is 1. The van der Waals surface area contributed by atoms with Gasteiger partial charge in [-0.3, -0.25) is 10.2 Å². The molecule has 30 heavy (non-hydrogen) atoms. The number of nitrogens with one attached hydrogen (secondary N) is 1. The van der Waals surface area contributed by atoms with Crippen LogP contribution in [0.3, 0.4) is 0 Å². The van der Waals surface area contributed by atoms with Gasteiger partial charge in [-0.15, -0.1) is 11.3 Å². The highest BCUT2D eigenvalue weighted by Gasteiger charge is 2.39. The van der Waals surface area contributed by atoms with Crippen molar-refractivity contribution < 1.29 is 4.79 Å². The standard InChI is InChI=1S/C22H30N6OS/c1-14-6-4-11-27(12-14)19-9-8-18-20(24-19)28(17-7-5-10-26(18)13-17)22(29)25-21-23-15(2)16(3)30-21/h8-9,14,17H,4-7,10-13H2,1-3H3,(H,23,25,29)/t14?,17-/m0/s1. The number of hydrogen-bond acceptors (Lipinski definition) is 6. The van der Waals surface area contributed by atoms with Crippen molar-refractivity contribution in [1.29, 1.82) is 0 Å². The molecule has 160 valence electrons. The Hall–Kier alpha value is -2.35. The molecule has 2 saturated heterocycles. The number of amides is 2. The summed E-state index contributed by atoms with van der Waals surface area (Å²) in [5.74, 6) is 2.46. The van der Waals surface area contributed by atoms with Crippen LogP contribution >= 0.6 is 11.3 Å². The van der Waals surface area contributed by atoms with Gasteiger partial charge in [-0.25, -0.2) is 14.8 Å². The quantitative estimate of drug-likeness (QED) is 0.770. The summed E-state index contributed by atoms with van der Waals surface area (Å²) in [6, 6.07) is 4.33. The van der Waals surface area contributed by atoms with Gasteiger partial charge in [-0.1, -0.05) is 6.92 Å². The molecule has 0 saturated carbocycles. The first kappa shape index (κ1) is 19.6. The second-order valence-corrected chi connectivity index (χ2v) is 10.1. The van der Waals surface area contributed by atoms with Crippen molar-refractivity contribution >= 4 is 39.8 Å². The zero-order chi connectivity index (χ0) is 20.8. The van der Waals surface area contributed by atoms with Crippen molar-refractivity contribution in [3.8, 4) is 0 Å². The number of aryl methyl sites for hydroxylation is 2. The highest BCUT2D eigenvalue weighted by Crippen LogP contribution is 2.40. The predicted octanol–water partition coefficient (Wildman–Crippen LogP) is 4.41. The summed E-state index contributed by atoms with van der Waals surface area (Å²) >= 11 is 1.53. The van der Waals surface area contributed by atoms with Crippen LogP contribution in [0, 0.1) is 19.8 Å². The molecule has 2 bridgehead atoms. The van der Waals surface area contributed by atoms with E-state index in [-0.39, 0.29) is 12.1 Å². The van der Waals surface area contributed by atoms with Crippen LogP contribution in [-0.2, 0) is 0 Å². The summed E-state index contributed by atoms with van der Waals surface area (Å²) in [4.78, 5) is 30.7. The van der Waals surface area contributed by atoms with Gasteiger partial charge in [0.25, 0.3) is 0 Å². The molecule has 0 aromatic carbocycles. The fraction of sp³-hybridized carbons (Fsp3) is 0.591. The largest absolute Gasteiger partial charge is 0.366 e. The van der Waals surface area contributed by atoms with Crippen molar-refractivity contribution in [1.82, 2.24) is 9.97 Å². The molecule has 0 radical (unpaired) electrons. The van der Waals surface area contributed by atoms with Gasteiger partial charge in [0.05, 0.1) is 17.4 Å². The molecule has 2 aromatic rings. The molecule has 5 rings (SSSR count). The first-order chi connectivity index (χ1) is 14.5. The minimum Gasteiger partial charge on any atom is -0.366 e. The molecule has 0 spiro atoms. The molecule has 8 heteroatoms. The van der Waals surface area contributed by atoms with Crippen molar-refractivity contribution in [2.24, 2.45) is 5.92 Å². The molecule has 0 aliphatic carbocycles. The van der Waals surface area contributed by atoms with Crippen LogP contribution in [0.15, 0.2) is 12.1 Å². The maximum absolute atomic E-state index is 13.4. The van der Waals surface area contributed by atoms with E-state index >= 15 is 0 Å². The van der Waals surface area contributed by atoms with Gasteiger partial charge in [0.2, 0.25) is 0 Å². The Kier molecular flexibility index (Phi) is 5.05. The number of aromatic nitrogens is 2. The van der Waals surface area contributed by atoms with Crippen LogP contribution in [0.5, 0.6) is 0 Å². The topological polar surface area (TPSA) is 64.6 Å². The number of piperidine rings is 2. The van der Waals surface area contributed by atoms with E-state index < -0.39 is 0 Å². The van der Waals surface area contributed by atoms with E-state index in [4.69, 9.17) is 4.98 Å². The van der Waals surface area contributed by atoms with Crippen LogP contribution in [0.1, 0.15) is 43.2 Å². The minimum atomic E-state index is -0.117. The van der Waals surface area contributed by atoms with Gasteiger partial charge in [0.1, 0.15) is 5.82 Å². The second kappa shape index (κ2) is 7.72. The lowest BCUT2D eigenvalue weighted by atomic mass is 9.99. The number of urea groups is 1. The Morgan fingerprint density at radius 3 is 2.67 bits per heavy atom. The Morgan fingerprint density at radius 2 is 1.90 bits per heavy atom. The zero-order valence-electron chi connectivity index (χ0n) is 18.0. The van der Waals surface area contributed by atoms with Crippen molar-refractivity contribution in [2.45, 2.75) is 52.5 Å². The van der Waals surface area contributed by atoms with Crippen LogP contribution in [0.2, 0.25) is 0 Å². The second-order valence-electron chi connectivity index (χ2n) is 8.91. The number of fused-ring (bicyclic) bond motifs is 4. The lowest BCUT2D eigenvalue weighted by Crippen LogP contribution is -2.56. The number of pyridine rings is 1. The van der Waals surface area contributed by atoms with Crippen molar-refractivity contribution in [3.63, 3.8) is 0 Å². The summed E-state index contributed by atoms with van der Waals surface area (Å²) in [5.41, 5.74) is 2.04. The first-order valence-corrected chi connectivity index (χ1v) is 11.9. The number of carbonyl (C=O) groups excluding carboxylic acids is 1. The highest BCUT2D eigenvalue weighted by atomic mass is 32.1. The van der Waals surface area contributed by atoms with Gasteiger partial charge in [0, 0.05) is 31.1 Å². The fourth-order valence-electron chi connectivity index (χ4n) is 4.93. The molecule has 5 heterocycles. The fourth-order valence-corrected chi connectivity index (χ4v) is 5.73. The summed E-state index contributed by atoms with van der Waals surface area (Å²) in [6.07, 6.45) is 4.57. The lowest BCUT2D eigenvalue weighted by molar-refractivity contribution is 0.252.